The van der Waals surface area contributed by atoms with Gasteiger partial charge in [0.25, 0.3) is 0 Å². The molecule has 0 aromatic carbocycles. The summed E-state index contributed by atoms with van der Waals surface area (Å²) in [6, 6.07) is 0. The number of amides is 1. The summed E-state index contributed by atoms with van der Waals surface area (Å²) in [7, 11) is 0. The molecule has 1 fully saturated rings. The average molecular weight is 215 g/mol. The molecule has 1 unspecified atom stereocenters. The third kappa shape index (κ3) is 3.15. The maximum atomic E-state index is 11.3. The lowest BCUT2D eigenvalue weighted by Crippen LogP contribution is -2.55. The molecule has 0 saturated carbocycles. The van der Waals surface area contributed by atoms with Crippen molar-refractivity contribution in [2.24, 2.45) is 11.8 Å². The van der Waals surface area contributed by atoms with Crippen molar-refractivity contribution < 1.29 is 9.53 Å². The summed E-state index contributed by atoms with van der Waals surface area (Å²) in [6.07, 6.45) is 0. The van der Waals surface area contributed by atoms with E-state index in [1.807, 2.05) is 6.92 Å². The molecular formula is C10H21N3O2. The van der Waals surface area contributed by atoms with Gasteiger partial charge in [0.1, 0.15) is 0 Å². The standard InChI is InChI=1S/C10H21N3O2/c1-8(9(14)12-11)6-13-4-5-15-7-10(13,2)3/h8H,4-7,11H2,1-3H3,(H,12,14). The van der Waals surface area contributed by atoms with Crippen LogP contribution in [0.3, 0.4) is 0 Å². The maximum Gasteiger partial charge on any atom is 0.237 e. The van der Waals surface area contributed by atoms with E-state index in [2.05, 4.69) is 24.2 Å². The van der Waals surface area contributed by atoms with Crippen LogP contribution < -0.4 is 11.3 Å². The van der Waals surface area contributed by atoms with Gasteiger partial charge in [0, 0.05) is 24.5 Å². The monoisotopic (exact) mass is 215 g/mol. The van der Waals surface area contributed by atoms with Gasteiger partial charge in [0.15, 0.2) is 0 Å². The number of rotatable bonds is 3. The fraction of sp³-hybridized carbons (Fsp3) is 0.900. The summed E-state index contributed by atoms with van der Waals surface area (Å²) >= 11 is 0. The third-order valence-corrected chi connectivity index (χ3v) is 2.90. The largest absolute Gasteiger partial charge is 0.378 e. The Balaban J connectivity index is 2.52. The number of carbonyl (C=O) groups excluding carboxylic acids is 1. The number of carbonyl (C=O) groups is 1. The summed E-state index contributed by atoms with van der Waals surface area (Å²) < 4.78 is 5.42. The molecule has 0 aliphatic carbocycles. The van der Waals surface area contributed by atoms with Crippen LogP contribution in [0.5, 0.6) is 0 Å². The summed E-state index contributed by atoms with van der Waals surface area (Å²) in [4.78, 5) is 13.6. The van der Waals surface area contributed by atoms with Crippen LogP contribution in [0.2, 0.25) is 0 Å². The Labute approximate surface area is 90.9 Å². The van der Waals surface area contributed by atoms with Crippen molar-refractivity contribution in [3.63, 3.8) is 0 Å². The molecular weight excluding hydrogens is 194 g/mol. The Hall–Kier alpha value is -0.650. The molecule has 5 heteroatoms. The molecule has 1 amide bonds. The number of nitrogens with two attached hydrogens (primary N) is 1. The van der Waals surface area contributed by atoms with Gasteiger partial charge in [-0.25, -0.2) is 5.84 Å². The van der Waals surface area contributed by atoms with Crippen molar-refractivity contribution in [2.45, 2.75) is 26.3 Å². The quantitative estimate of drug-likeness (QED) is 0.386. The van der Waals surface area contributed by atoms with E-state index in [9.17, 15) is 4.79 Å². The smallest absolute Gasteiger partial charge is 0.237 e. The van der Waals surface area contributed by atoms with Crippen molar-refractivity contribution >= 4 is 5.91 Å². The summed E-state index contributed by atoms with van der Waals surface area (Å²) in [5, 5.41) is 0. The average Bonchev–Trinajstić information content (AvgIpc) is 2.19. The summed E-state index contributed by atoms with van der Waals surface area (Å²) in [5.74, 6) is 4.90. The molecule has 1 rings (SSSR count). The van der Waals surface area contributed by atoms with E-state index in [0.717, 1.165) is 19.7 Å². The van der Waals surface area contributed by atoms with Crippen LogP contribution in [0.25, 0.3) is 0 Å². The van der Waals surface area contributed by atoms with E-state index < -0.39 is 0 Å². The zero-order valence-corrected chi connectivity index (χ0v) is 9.75. The molecule has 1 aliphatic rings. The molecule has 88 valence electrons. The highest BCUT2D eigenvalue weighted by atomic mass is 16.5. The van der Waals surface area contributed by atoms with Gasteiger partial charge in [-0.05, 0) is 13.8 Å². The highest BCUT2D eigenvalue weighted by Crippen LogP contribution is 2.20. The van der Waals surface area contributed by atoms with E-state index in [1.165, 1.54) is 0 Å². The highest BCUT2D eigenvalue weighted by Gasteiger charge is 2.32. The zero-order valence-electron chi connectivity index (χ0n) is 9.75. The van der Waals surface area contributed by atoms with Gasteiger partial charge < -0.3 is 4.74 Å². The number of morpholine rings is 1. The fourth-order valence-corrected chi connectivity index (χ4v) is 1.78. The SMILES string of the molecule is CC(CN1CCOCC1(C)C)C(=O)NN. The first kappa shape index (κ1) is 12.4. The van der Waals surface area contributed by atoms with E-state index >= 15 is 0 Å². The zero-order chi connectivity index (χ0) is 11.5. The lowest BCUT2D eigenvalue weighted by Gasteiger charge is -2.43. The van der Waals surface area contributed by atoms with Gasteiger partial charge in [0.05, 0.1) is 13.2 Å². The number of hydrazine groups is 1. The maximum absolute atomic E-state index is 11.3. The molecule has 3 N–H and O–H groups in total. The number of ether oxygens (including phenoxy) is 1. The highest BCUT2D eigenvalue weighted by molar-refractivity contribution is 5.77. The molecule has 5 nitrogen and oxygen atoms in total. The molecule has 1 heterocycles. The van der Waals surface area contributed by atoms with Crippen LogP contribution in [0.4, 0.5) is 0 Å². The third-order valence-electron chi connectivity index (χ3n) is 2.90. The normalized spacial score (nSPS) is 23.5. The van der Waals surface area contributed by atoms with Gasteiger partial charge in [-0.2, -0.15) is 0 Å². The lowest BCUT2D eigenvalue weighted by atomic mass is 10.00. The first-order valence-electron chi connectivity index (χ1n) is 5.30. The second-order valence-corrected chi connectivity index (χ2v) is 4.72. The Morgan fingerprint density at radius 1 is 1.67 bits per heavy atom. The molecule has 0 bridgehead atoms. The van der Waals surface area contributed by atoms with Crippen LogP contribution >= 0.6 is 0 Å². The lowest BCUT2D eigenvalue weighted by molar-refractivity contribution is -0.127. The van der Waals surface area contributed by atoms with Crippen LogP contribution in [0, 0.1) is 5.92 Å². The number of hydrogen-bond acceptors (Lipinski definition) is 4. The summed E-state index contributed by atoms with van der Waals surface area (Å²) in [6.45, 7) is 9.17. The Morgan fingerprint density at radius 2 is 2.33 bits per heavy atom. The fourth-order valence-electron chi connectivity index (χ4n) is 1.78. The van der Waals surface area contributed by atoms with Crippen molar-refractivity contribution in [2.75, 3.05) is 26.3 Å². The topological polar surface area (TPSA) is 67.6 Å². The van der Waals surface area contributed by atoms with E-state index in [-0.39, 0.29) is 17.4 Å². The predicted molar refractivity (Wildman–Crippen MR) is 58.0 cm³/mol. The van der Waals surface area contributed by atoms with E-state index in [4.69, 9.17) is 10.6 Å². The van der Waals surface area contributed by atoms with Gasteiger partial charge in [-0.1, -0.05) is 6.92 Å². The molecule has 0 radical (unpaired) electrons. The molecule has 0 aromatic heterocycles. The second kappa shape index (κ2) is 4.92. The molecule has 1 atom stereocenters. The van der Waals surface area contributed by atoms with Crippen molar-refractivity contribution in [3.05, 3.63) is 0 Å². The number of nitrogens with zero attached hydrogens (tertiary/aromatic N) is 1. The minimum absolute atomic E-state index is 0.00138. The van der Waals surface area contributed by atoms with Gasteiger partial charge >= 0.3 is 0 Å². The molecule has 0 aromatic rings. The minimum atomic E-state index is -0.114. The predicted octanol–water partition coefficient (Wildman–Crippen LogP) is -0.277. The Kier molecular flexibility index (Phi) is 4.07. The Morgan fingerprint density at radius 3 is 2.87 bits per heavy atom. The first-order valence-corrected chi connectivity index (χ1v) is 5.30. The van der Waals surface area contributed by atoms with Crippen LogP contribution in [0.1, 0.15) is 20.8 Å². The van der Waals surface area contributed by atoms with E-state index in [0.29, 0.717) is 6.61 Å². The number of nitrogens with one attached hydrogen (secondary N) is 1. The molecule has 15 heavy (non-hydrogen) atoms. The summed E-state index contributed by atoms with van der Waals surface area (Å²) in [5.41, 5.74) is 2.19. The van der Waals surface area contributed by atoms with Crippen LogP contribution in [0.15, 0.2) is 0 Å². The van der Waals surface area contributed by atoms with Crippen LogP contribution in [-0.4, -0.2) is 42.6 Å². The van der Waals surface area contributed by atoms with Crippen LogP contribution in [-0.2, 0) is 9.53 Å². The minimum Gasteiger partial charge on any atom is -0.378 e. The van der Waals surface area contributed by atoms with Gasteiger partial charge in [-0.3, -0.25) is 15.1 Å². The van der Waals surface area contributed by atoms with Crippen molar-refractivity contribution in [1.29, 1.82) is 0 Å². The molecule has 1 saturated heterocycles. The van der Waals surface area contributed by atoms with Crippen molar-refractivity contribution in [1.82, 2.24) is 10.3 Å². The van der Waals surface area contributed by atoms with E-state index in [1.54, 1.807) is 0 Å². The van der Waals surface area contributed by atoms with Gasteiger partial charge in [-0.15, -0.1) is 0 Å². The first-order chi connectivity index (χ1) is 6.97. The number of hydrogen-bond donors (Lipinski definition) is 2. The van der Waals surface area contributed by atoms with Crippen molar-refractivity contribution in [3.8, 4) is 0 Å². The molecule has 1 aliphatic heterocycles. The molecule has 0 spiro atoms. The van der Waals surface area contributed by atoms with Gasteiger partial charge in [0.2, 0.25) is 5.91 Å². The Bertz CT molecular complexity index is 231. The second-order valence-electron chi connectivity index (χ2n) is 4.72.